The van der Waals surface area contributed by atoms with Gasteiger partial charge in [0.15, 0.2) is 22.3 Å². The number of aromatic nitrogens is 1. The van der Waals surface area contributed by atoms with Crippen molar-refractivity contribution in [1.29, 1.82) is 0 Å². The maximum Gasteiger partial charge on any atom is 0.416 e. The van der Waals surface area contributed by atoms with E-state index in [1.54, 1.807) is 19.0 Å². The van der Waals surface area contributed by atoms with Gasteiger partial charge in [-0.05, 0) is 54.3 Å². The SMILES string of the molecule is CN(C)CCN(CC(Oc1ccc(F)c(C(N)=O)c1F)c1nc(-c2ccc(C(F)(F)F)cc2)c(Br)o1)C(=O)O. The quantitative estimate of drug-likeness (QED) is 0.300. The lowest BCUT2D eigenvalue weighted by Gasteiger charge is -2.25. The number of oxazole rings is 1. The summed E-state index contributed by atoms with van der Waals surface area (Å²) in [5.74, 6) is -4.97. The highest BCUT2D eigenvalue weighted by atomic mass is 79.9. The summed E-state index contributed by atoms with van der Waals surface area (Å²) < 4.78 is 79.0. The minimum atomic E-state index is -4.56. The third-order valence-electron chi connectivity index (χ3n) is 5.41. The van der Waals surface area contributed by atoms with E-state index < -0.39 is 59.3 Å². The number of carboxylic acid groups (broad SMARTS) is 1. The predicted octanol–water partition coefficient (Wildman–Crippen LogP) is 5.16. The van der Waals surface area contributed by atoms with E-state index in [1.807, 2.05) is 0 Å². The summed E-state index contributed by atoms with van der Waals surface area (Å²) in [6.07, 6.45) is -7.35. The Morgan fingerprint density at radius 3 is 2.31 bits per heavy atom. The predicted molar refractivity (Wildman–Crippen MR) is 131 cm³/mol. The molecule has 0 aliphatic heterocycles. The van der Waals surface area contributed by atoms with Crippen LogP contribution in [0.4, 0.5) is 26.7 Å². The largest absolute Gasteiger partial charge is 0.476 e. The third kappa shape index (κ3) is 7.23. The smallest absolute Gasteiger partial charge is 0.416 e. The van der Waals surface area contributed by atoms with Crippen molar-refractivity contribution in [3.8, 4) is 17.0 Å². The van der Waals surface area contributed by atoms with E-state index in [0.717, 1.165) is 41.3 Å². The minimum absolute atomic E-state index is 0.00569. The van der Waals surface area contributed by atoms with Gasteiger partial charge in [-0.25, -0.2) is 18.6 Å². The monoisotopic (exact) mass is 620 g/mol. The fraction of sp³-hybridized carbons (Fsp3) is 0.292. The molecule has 3 aromatic rings. The van der Waals surface area contributed by atoms with Crippen molar-refractivity contribution in [1.82, 2.24) is 14.8 Å². The van der Waals surface area contributed by atoms with Crippen LogP contribution in [0.2, 0.25) is 0 Å². The van der Waals surface area contributed by atoms with E-state index in [4.69, 9.17) is 14.9 Å². The van der Waals surface area contributed by atoms with E-state index in [0.29, 0.717) is 6.54 Å². The number of primary amides is 1. The molecule has 2 amide bonds. The summed E-state index contributed by atoms with van der Waals surface area (Å²) in [6.45, 7) is -0.151. The first kappa shape index (κ1) is 29.8. The van der Waals surface area contributed by atoms with Gasteiger partial charge in [0.2, 0.25) is 5.89 Å². The Morgan fingerprint density at radius 1 is 1.13 bits per heavy atom. The first-order valence-electron chi connectivity index (χ1n) is 11.1. The molecular weight excluding hydrogens is 599 g/mol. The molecule has 1 unspecified atom stereocenters. The highest BCUT2D eigenvalue weighted by Crippen LogP contribution is 2.36. The van der Waals surface area contributed by atoms with E-state index in [2.05, 4.69) is 20.9 Å². The first-order chi connectivity index (χ1) is 18.2. The van der Waals surface area contributed by atoms with Crippen LogP contribution in [0, 0.1) is 11.6 Å². The number of hydrogen-bond donors (Lipinski definition) is 2. The molecule has 0 fully saturated rings. The summed E-state index contributed by atoms with van der Waals surface area (Å²) in [5, 5.41) is 9.70. The lowest BCUT2D eigenvalue weighted by Crippen LogP contribution is -2.39. The molecule has 1 heterocycles. The highest BCUT2D eigenvalue weighted by molar-refractivity contribution is 9.10. The van der Waals surface area contributed by atoms with Crippen LogP contribution < -0.4 is 10.5 Å². The molecule has 3 N–H and O–H groups in total. The Kier molecular flexibility index (Phi) is 9.17. The van der Waals surface area contributed by atoms with Gasteiger partial charge in [-0.3, -0.25) is 4.79 Å². The van der Waals surface area contributed by atoms with Gasteiger partial charge in [-0.1, -0.05) is 12.1 Å². The van der Waals surface area contributed by atoms with Crippen LogP contribution in [0.5, 0.6) is 5.75 Å². The van der Waals surface area contributed by atoms with Crippen molar-refractivity contribution in [2.45, 2.75) is 12.3 Å². The first-order valence-corrected chi connectivity index (χ1v) is 11.9. The van der Waals surface area contributed by atoms with Crippen LogP contribution in [-0.2, 0) is 6.18 Å². The average Bonchev–Trinajstić information content (AvgIpc) is 3.22. The molecular formula is C24H22BrF5N4O5. The van der Waals surface area contributed by atoms with Crippen molar-refractivity contribution in [2.75, 3.05) is 33.7 Å². The van der Waals surface area contributed by atoms with Gasteiger partial charge in [0.25, 0.3) is 5.91 Å². The molecule has 15 heteroatoms. The molecule has 0 saturated heterocycles. The number of likely N-dealkylation sites (N-methyl/N-ethyl adjacent to an activating group) is 1. The Labute approximate surface area is 227 Å². The van der Waals surface area contributed by atoms with E-state index in [-0.39, 0.29) is 28.4 Å². The molecule has 9 nitrogen and oxygen atoms in total. The normalized spacial score (nSPS) is 12.4. The van der Waals surface area contributed by atoms with Gasteiger partial charge in [-0.2, -0.15) is 13.2 Å². The van der Waals surface area contributed by atoms with Crippen molar-refractivity contribution in [3.63, 3.8) is 0 Å². The third-order valence-corrected chi connectivity index (χ3v) is 5.95. The summed E-state index contributed by atoms with van der Waals surface area (Å²) >= 11 is 3.14. The lowest BCUT2D eigenvalue weighted by molar-refractivity contribution is -0.137. The van der Waals surface area contributed by atoms with Gasteiger partial charge in [0, 0.05) is 18.7 Å². The molecule has 0 radical (unpaired) electrons. The van der Waals surface area contributed by atoms with Gasteiger partial charge in [-0.15, -0.1) is 0 Å². The molecule has 0 bridgehead atoms. The van der Waals surface area contributed by atoms with E-state index in [1.165, 1.54) is 0 Å². The number of carbonyl (C=O) groups excluding carboxylic acids is 1. The van der Waals surface area contributed by atoms with E-state index in [9.17, 15) is 36.6 Å². The number of alkyl halides is 3. The summed E-state index contributed by atoms with van der Waals surface area (Å²) in [6, 6.07) is 5.63. The molecule has 210 valence electrons. The summed E-state index contributed by atoms with van der Waals surface area (Å²) in [5.41, 5.74) is 3.39. The Bertz CT molecular complexity index is 1350. The fourth-order valence-electron chi connectivity index (χ4n) is 3.41. The number of amides is 2. The Balaban J connectivity index is 2.04. The van der Waals surface area contributed by atoms with Crippen molar-refractivity contribution >= 4 is 27.9 Å². The second kappa shape index (κ2) is 12.0. The van der Waals surface area contributed by atoms with Crippen LogP contribution in [0.25, 0.3) is 11.3 Å². The summed E-state index contributed by atoms with van der Waals surface area (Å²) in [4.78, 5) is 30.4. The second-order valence-corrected chi connectivity index (χ2v) is 9.21. The van der Waals surface area contributed by atoms with Crippen LogP contribution in [0.15, 0.2) is 45.5 Å². The van der Waals surface area contributed by atoms with Gasteiger partial charge in [0.05, 0.1) is 12.1 Å². The number of nitrogens with two attached hydrogens (primary N) is 1. The van der Waals surface area contributed by atoms with Crippen LogP contribution in [-0.4, -0.2) is 65.6 Å². The lowest BCUT2D eigenvalue weighted by atomic mass is 10.1. The van der Waals surface area contributed by atoms with Gasteiger partial charge in [0.1, 0.15) is 17.1 Å². The number of carbonyl (C=O) groups is 2. The van der Waals surface area contributed by atoms with Crippen LogP contribution in [0.3, 0.4) is 0 Å². The molecule has 3 rings (SSSR count). The molecule has 1 atom stereocenters. The molecule has 0 aliphatic rings. The maximum atomic E-state index is 14.9. The molecule has 0 spiro atoms. The van der Waals surface area contributed by atoms with Crippen molar-refractivity contribution < 1.29 is 45.8 Å². The van der Waals surface area contributed by atoms with Crippen molar-refractivity contribution in [2.24, 2.45) is 5.73 Å². The maximum absolute atomic E-state index is 14.9. The number of ether oxygens (including phenoxy) is 1. The highest BCUT2D eigenvalue weighted by Gasteiger charge is 2.32. The number of benzene rings is 2. The van der Waals surface area contributed by atoms with E-state index >= 15 is 0 Å². The number of nitrogens with zero attached hydrogens (tertiary/aromatic N) is 3. The molecule has 2 aromatic carbocycles. The fourth-order valence-corrected chi connectivity index (χ4v) is 3.89. The van der Waals surface area contributed by atoms with Crippen LogP contribution in [0.1, 0.15) is 27.9 Å². The number of halogens is 6. The standard InChI is InChI=1S/C24H22BrF5N4O5/c1-33(2)9-10-34(23(36)37)11-16(38-15-8-7-14(26)17(18(15)27)21(31)35)22-32-19(20(25)39-22)12-3-5-13(6-4-12)24(28,29)30/h3-8,16H,9-11H2,1-2H3,(H2,31,35)(H,36,37). The average molecular weight is 621 g/mol. The minimum Gasteiger partial charge on any atom is -0.476 e. The molecule has 39 heavy (non-hydrogen) atoms. The second-order valence-electron chi connectivity index (χ2n) is 8.49. The molecule has 0 aliphatic carbocycles. The van der Waals surface area contributed by atoms with Crippen LogP contribution >= 0.6 is 15.9 Å². The van der Waals surface area contributed by atoms with Gasteiger partial charge >= 0.3 is 12.3 Å². The zero-order chi connectivity index (χ0) is 29.1. The number of rotatable bonds is 10. The zero-order valence-corrected chi connectivity index (χ0v) is 22.0. The van der Waals surface area contributed by atoms with Gasteiger partial charge < -0.3 is 29.8 Å². The summed E-state index contributed by atoms with van der Waals surface area (Å²) in [7, 11) is 3.43. The van der Waals surface area contributed by atoms with Crippen molar-refractivity contribution in [3.05, 3.63) is 69.7 Å². The topological polar surface area (TPSA) is 122 Å². The molecule has 1 aromatic heterocycles. The number of hydrogen-bond acceptors (Lipinski definition) is 6. The molecule has 0 saturated carbocycles. The Morgan fingerprint density at radius 2 is 1.77 bits per heavy atom. The Hall–Kier alpha value is -3.72. The zero-order valence-electron chi connectivity index (χ0n) is 20.4.